The molecule has 0 bridgehead atoms. The van der Waals surface area contributed by atoms with E-state index in [1.54, 1.807) is 0 Å². The van der Waals surface area contributed by atoms with Crippen LogP contribution in [-0.4, -0.2) is 37.6 Å². The van der Waals surface area contributed by atoms with Crippen molar-refractivity contribution < 1.29 is 0 Å². The highest BCUT2D eigenvalue weighted by atomic mass is 15.2. The summed E-state index contributed by atoms with van der Waals surface area (Å²) in [4.78, 5) is 2.39. The molecule has 1 aliphatic rings. The first-order valence-electron chi connectivity index (χ1n) is 4.60. The summed E-state index contributed by atoms with van der Waals surface area (Å²) >= 11 is 0. The fourth-order valence-electron chi connectivity index (χ4n) is 1.50. The van der Waals surface area contributed by atoms with Crippen molar-refractivity contribution in [2.24, 2.45) is 5.92 Å². The smallest absolute Gasteiger partial charge is 0.0207 e. The Labute approximate surface area is 70.0 Å². The molecular formula is C9H20N2. The zero-order chi connectivity index (χ0) is 8.27. The molecule has 0 radical (unpaired) electrons. The van der Waals surface area contributed by atoms with Crippen molar-refractivity contribution in [3.05, 3.63) is 0 Å². The summed E-state index contributed by atoms with van der Waals surface area (Å²) in [6.07, 6.45) is 1.32. The molecule has 1 N–H and O–H groups in total. The molecule has 11 heavy (non-hydrogen) atoms. The normalized spacial score (nSPS) is 26.7. The molecule has 0 aliphatic carbocycles. The molecule has 0 aromatic rings. The number of likely N-dealkylation sites (tertiary alicyclic amines) is 1. The van der Waals surface area contributed by atoms with E-state index >= 15 is 0 Å². The first-order chi connectivity index (χ1) is 5.18. The summed E-state index contributed by atoms with van der Waals surface area (Å²) in [7, 11) is 2.19. The summed E-state index contributed by atoms with van der Waals surface area (Å²) in [5.41, 5.74) is 0. The van der Waals surface area contributed by atoms with Gasteiger partial charge in [-0.2, -0.15) is 0 Å². The fourth-order valence-corrected chi connectivity index (χ4v) is 1.50. The van der Waals surface area contributed by atoms with Crippen LogP contribution in [0, 0.1) is 5.92 Å². The molecule has 1 fully saturated rings. The Kier molecular flexibility index (Phi) is 3.34. The Balaban J connectivity index is 2.08. The fraction of sp³-hybridized carbons (Fsp3) is 1.00. The van der Waals surface area contributed by atoms with Gasteiger partial charge in [0.05, 0.1) is 0 Å². The van der Waals surface area contributed by atoms with Crippen LogP contribution in [-0.2, 0) is 0 Å². The van der Waals surface area contributed by atoms with Gasteiger partial charge in [-0.3, -0.25) is 0 Å². The van der Waals surface area contributed by atoms with Gasteiger partial charge in [0.25, 0.3) is 0 Å². The number of likely N-dealkylation sites (N-methyl/N-ethyl adjacent to an activating group) is 1. The van der Waals surface area contributed by atoms with Crippen molar-refractivity contribution >= 4 is 0 Å². The lowest BCUT2D eigenvalue weighted by atomic mass is 10.2. The van der Waals surface area contributed by atoms with Crippen LogP contribution in [0.4, 0.5) is 0 Å². The molecule has 0 amide bonds. The van der Waals surface area contributed by atoms with Crippen molar-refractivity contribution in [2.75, 3.05) is 26.7 Å². The average Bonchev–Trinajstić information content (AvgIpc) is 2.31. The summed E-state index contributed by atoms with van der Waals surface area (Å²) in [5, 5.41) is 3.57. The van der Waals surface area contributed by atoms with E-state index in [4.69, 9.17) is 0 Å². The van der Waals surface area contributed by atoms with E-state index in [0.29, 0.717) is 0 Å². The highest BCUT2D eigenvalue weighted by Gasteiger charge is 2.18. The molecule has 1 saturated heterocycles. The van der Waals surface area contributed by atoms with Crippen molar-refractivity contribution in [3.63, 3.8) is 0 Å². The molecule has 2 nitrogen and oxygen atoms in total. The second kappa shape index (κ2) is 4.07. The molecule has 1 rings (SSSR count). The number of hydrogen-bond acceptors (Lipinski definition) is 2. The van der Waals surface area contributed by atoms with Crippen molar-refractivity contribution in [3.8, 4) is 0 Å². The third-order valence-electron chi connectivity index (χ3n) is 2.21. The Hall–Kier alpha value is -0.0800. The largest absolute Gasteiger partial charge is 0.312 e. The van der Waals surface area contributed by atoms with Crippen LogP contribution in [0.1, 0.15) is 20.3 Å². The van der Waals surface area contributed by atoms with Gasteiger partial charge in [-0.1, -0.05) is 13.8 Å². The molecule has 1 heterocycles. The number of hydrogen-bond donors (Lipinski definition) is 1. The topological polar surface area (TPSA) is 15.3 Å². The number of nitrogens with one attached hydrogen (secondary N) is 1. The quantitative estimate of drug-likeness (QED) is 0.654. The van der Waals surface area contributed by atoms with Gasteiger partial charge in [0.2, 0.25) is 0 Å². The van der Waals surface area contributed by atoms with Crippen LogP contribution in [0.2, 0.25) is 0 Å². The molecule has 0 saturated carbocycles. The van der Waals surface area contributed by atoms with Gasteiger partial charge in [-0.15, -0.1) is 0 Å². The van der Waals surface area contributed by atoms with Crippen molar-refractivity contribution in [1.29, 1.82) is 0 Å². The van der Waals surface area contributed by atoms with E-state index in [1.807, 2.05) is 0 Å². The van der Waals surface area contributed by atoms with E-state index in [1.165, 1.54) is 26.1 Å². The van der Waals surface area contributed by atoms with Gasteiger partial charge < -0.3 is 10.2 Å². The summed E-state index contributed by atoms with van der Waals surface area (Å²) in [5.74, 6) is 0.779. The second-order valence-corrected chi connectivity index (χ2v) is 4.05. The van der Waals surface area contributed by atoms with E-state index in [0.717, 1.165) is 12.0 Å². The van der Waals surface area contributed by atoms with Crippen LogP contribution in [0.5, 0.6) is 0 Å². The third kappa shape index (κ3) is 3.21. The van der Waals surface area contributed by atoms with Crippen molar-refractivity contribution in [2.45, 2.75) is 26.3 Å². The van der Waals surface area contributed by atoms with Gasteiger partial charge in [-0.05, 0) is 32.5 Å². The van der Waals surface area contributed by atoms with Crippen molar-refractivity contribution in [1.82, 2.24) is 10.2 Å². The SMILES string of the molecule is CC(C)CNC1CCN(C)C1. The highest BCUT2D eigenvalue weighted by Crippen LogP contribution is 2.06. The summed E-state index contributed by atoms with van der Waals surface area (Å²) in [6.45, 7) is 8.17. The molecule has 0 aromatic heterocycles. The third-order valence-corrected chi connectivity index (χ3v) is 2.21. The van der Waals surface area contributed by atoms with Crippen LogP contribution in [0.15, 0.2) is 0 Å². The van der Waals surface area contributed by atoms with E-state index in [-0.39, 0.29) is 0 Å². The molecule has 1 atom stereocenters. The highest BCUT2D eigenvalue weighted by molar-refractivity contribution is 4.78. The Morgan fingerprint density at radius 3 is 2.73 bits per heavy atom. The monoisotopic (exact) mass is 156 g/mol. The molecular weight excluding hydrogens is 136 g/mol. The first-order valence-corrected chi connectivity index (χ1v) is 4.60. The predicted molar refractivity (Wildman–Crippen MR) is 48.7 cm³/mol. The summed E-state index contributed by atoms with van der Waals surface area (Å²) < 4.78 is 0. The van der Waals surface area contributed by atoms with E-state index in [2.05, 4.69) is 31.1 Å². The lowest BCUT2D eigenvalue weighted by molar-refractivity contribution is 0.391. The molecule has 0 spiro atoms. The first kappa shape index (κ1) is 9.01. The Morgan fingerprint density at radius 1 is 1.55 bits per heavy atom. The molecule has 1 unspecified atom stereocenters. The van der Waals surface area contributed by atoms with Crippen LogP contribution >= 0.6 is 0 Å². The predicted octanol–water partition coefficient (Wildman–Crippen LogP) is 0.936. The minimum Gasteiger partial charge on any atom is -0.312 e. The Bertz CT molecular complexity index is 112. The number of rotatable bonds is 3. The van der Waals surface area contributed by atoms with Gasteiger partial charge in [0, 0.05) is 12.6 Å². The van der Waals surface area contributed by atoms with E-state index < -0.39 is 0 Å². The lowest BCUT2D eigenvalue weighted by Gasteiger charge is -2.14. The van der Waals surface area contributed by atoms with Gasteiger partial charge in [-0.25, -0.2) is 0 Å². The average molecular weight is 156 g/mol. The van der Waals surface area contributed by atoms with Crippen LogP contribution < -0.4 is 5.32 Å². The maximum Gasteiger partial charge on any atom is 0.0207 e. The minimum absolute atomic E-state index is 0.752. The Morgan fingerprint density at radius 2 is 2.27 bits per heavy atom. The van der Waals surface area contributed by atoms with Crippen LogP contribution in [0.25, 0.3) is 0 Å². The van der Waals surface area contributed by atoms with E-state index in [9.17, 15) is 0 Å². The molecule has 2 heteroatoms. The maximum atomic E-state index is 3.57. The molecule has 0 aromatic carbocycles. The van der Waals surface area contributed by atoms with Crippen LogP contribution in [0.3, 0.4) is 0 Å². The molecule has 66 valence electrons. The zero-order valence-electron chi connectivity index (χ0n) is 7.93. The second-order valence-electron chi connectivity index (χ2n) is 4.05. The maximum absolute atomic E-state index is 3.57. The number of nitrogens with zero attached hydrogens (tertiary/aromatic N) is 1. The zero-order valence-corrected chi connectivity index (χ0v) is 7.93. The van der Waals surface area contributed by atoms with Gasteiger partial charge in [0.1, 0.15) is 0 Å². The van der Waals surface area contributed by atoms with Gasteiger partial charge in [0.15, 0.2) is 0 Å². The summed E-state index contributed by atoms with van der Waals surface area (Å²) in [6, 6.07) is 0.752. The lowest BCUT2D eigenvalue weighted by Crippen LogP contribution is -2.33. The van der Waals surface area contributed by atoms with Gasteiger partial charge >= 0.3 is 0 Å². The minimum atomic E-state index is 0.752. The standard InChI is InChI=1S/C9H20N2/c1-8(2)6-10-9-4-5-11(3)7-9/h8-10H,4-7H2,1-3H3. The molecule has 1 aliphatic heterocycles.